The molecule has 29 heavy (non-hydrogen) atoms. The number of amides is 2. The van der Waals surface area contributed by atoms with Crippen LogP contribution in [-0.4, -0.2) is 45.0 Å². The molecule has 2 amide bonds. The van der Waals surface area contributed by atoms with Crippen molar-refractivity contribution in [3.63, 3.8) is 0 Å². The lowest BCUT2D eigenvalue weighted by molar-refractivity contribution is -0.113. The topological polar surface area (TPSA) is 97.6 Å². The highest BCUT2D eigenvalue weighted by atomic mass is 35.5. The first-order chi connectivity index (χ1) is 13.7. The second-order valence-electron chi connectivity index (χ2n) is 7.59. The standard InChI is InChI=1S/C19H23ClN4O4S/c1-19(2,3)28-18(26)24-9-5-8-14(24)16-22-23-17(27-16)29-11-15(25)21-13-7-4-6-12(20)10-13/h4,6-7,10,14H,5,8-9,11H2,1-3H3,(H,21,25)/t14-/m1/s1. The highest BCUT2D eigenvalue weighted by Crippen LogP contribution is 2.33. The summed E-state index contributed by atoms with van der Waals surface area (Å²) in [5.41, 5.74) is 0.0458. The molecule has 0 saturated carbocycles. The van der Waals surface area contributed by atoms with Gasteiger partial charge in [-0.05, 0) is 51.8 Å². The summed E-state index contributed by atoms with van der Waals surface area (Å²) in [6.45, 7) is 6.05. The Morgan fingerprint density at radius 2 is 2.17 bits per heavy atom. The lowest BCUT2D eigenvalue weighted by atomic mass is 10.2. The van der Waals surface area contributed by atoms with E-state index in [2.05, 4.69) is 15.5 Å². The number of hydrogen-bond acceptors (Lipinski definition) is 7. The summed E-state index contributed by atoms with van der Waals surface area (Å²) in [4.78, 5) is 26.1. The zero-order valence-electron chi connectivity index (χ0n) is 16.5. The number of nitrogens with zero attached hydrogens (tertiary/aromatic N) is 3. The molecule has 1 aromatic heterocycles. The van der Waals surface area contributed by atoms with Gasteiger partial charge in [0.2, 0.25) is 11.8 Å². The van der Waals surface area contributed by atoms with Gasteiger partial charge in [-0.15, -0.1) is 10.2 Å². The zero-order chi connectivity index (χ0) is 21.0. The van der Waals surface area contributed by atoms with E-state index in [0.29, 0.717) is 23.1 Å². The number of anilines is 1. The molecule has 0 bridgehead atoms. The van der Waals surface area contributed by atoms with Gasteiger partial charge in [0.25, 0.3) is 5.22 Å². The number of rotatable bonds is 5. The van der Waals surface area contributed by atoms with Crippen LogP contribution < -0.4 is 5.32 Å². The average Bonchev–Trinajstić information content (AvgIpc) is 3.27. The number of ether oxygens (including phenoxy) is 1. The van der Waals surface area contributed by atoms with Crippen molar-refractivity contribution < 1.29 is 18.7 Å². The predicted molar refractivity (Wildman–Crippen MR) is 110 cm³/mol. The third-order valence-electron chi connectivity index (χ3n) is 4.02. The Hall–Kier alpha value is -2.26. The third kappa shape index (κ3) is 6.11. The van der Waals surface area contributed by atoms with Gasteiger partial charge in [-0.1, -0.05) is 29.4 Å². The van der Waals surface area contributed by atoms with Crippen molar-refractivity contribution in [3.05, 3.63) is 35.2 Å². The molecular formula is C19H23ClN4O4S. The number of likely N-dealkylation sites (tertiary alicyclic amines) is 1. The molecule has 1 aromatic carbocycles. The van der Waals surface area contributed by atoms with Gasteiger partial charge in [-0.3, -0.25) is 9.69 Å². The number of thioether (sulfide) groups is 1. The van der Waals surface area contributed by atoms with Crippen LogP contribution in [0.3, 0.4) is 0 Å². The maximum absolute atomic E-state index is 12.4. The van der Waals surface area contributed by atoms with E-state index < -0.39 is 11.7 Å². The van der Waals surface area contributed by atoms with Gasteiger partial charge in [0.15, 0.2) is 0 Å². The van der Waals surface area contributed by atoms with Crippen molar-refractivity contribution in [3.8, 4) is 0 Å². The second kappa shape index (κ2) is 9.04. The molecule has 3 rings (SSSR count). The number of nitrogens with one attached hydrogen (secondary N) is 1. The van der Waals surface area contributed by atoms with Gasteiger partial charge < -0.3 is 14.5 Å². The first kappa shape index (κ1) is 21.4. The van der Waals surface area contributed by atoms with E-state index in [-0.39, 0.29) is 22.9 Å². The molecule has 1 fully saturated rings. The number of carbonyl (C=O) groups excluding carboxylic acids is 2. The van der Waals surface area contributed by atoms with Crippen molar-refractivity contribution in [1.82, 2.24) is 15.1 Å². The molecule has 0 radical (unpaired) electrons. The normalized spacial score (nSPS) is 16.7. The van der Waals surface area contributed by atoms with E-state index in [1.807, 2.05) is 20.8 Å². The van der Waals surface area contributed by atoms with Crippen LogP contribution in [0.4, 0.5) is 10.5 Å². The van der Waals surface area contributed by atoms with Gasteiger partial charge in [0.05, 0.1) is 5.75 Å². The highest BCUT2D eigenvalue weighted by molar-refractivity contribution is 7.99. The number of carbonyl (C=O) groups is 2. The zero-order valence-corrected chi connectivity index (χ0v) is 18.0. The summed E-state index contributed by atoms with van der Waals surface area (Å²) in [6, 6.07) is 6.60. The minimum Gasteiger partial charge on any atom is -0.444 e. The molecule has 1 atom stereocenters. The van der Waals surface area contributed by atoms with Crippen LogP contribution in [0.25, 0.3) is 0 Å². The van der Waals surface area contributed by atoms with Crippen molar-refractivity contribution in [2.45, 2.75) is 50.5 Å². The minimum absolute atomic E-state index is 0.106. The highest BCUT2D eigenvalue weighted by Gasteiger charge is 2.36. The molecule has 1 aliphatic rings. The Labute approximate surface area is 178 Å². The van der Waals surface area contributed by atoms with E-state index in [1.165, 1.54) is 0 Å². The number of aromatic nitrogens is 2. The van der Waals surface area contributed by atoms with Crippen molar-refractivity contribution >= 4 is 41.1 Å². The van der Waals surface area contributed by atoms with Crippen molar-refractivity contribution in [2.75, 3.05) is 17.6 Å². The first-order valence-electron chi connectivity index (χ1n) is 9.22. The molecule has 0 spiro atoms. The first-order valence-corrected chi connectivity index (χ1v) is 10.6. The van der Waals surface area contributed by atoms with Crippen LogP contribution >= 0.6 is 23.4 Å². The quantitative estimate of drug-likeness (QED) is 0.685. The van der Waals surface area contributed by atoms with Crippen LogP contribution in [0.15, 0.2) is 33.9 Å². The fourth-order valence-corrected chi connectivity index (χ4v) is 3.63. The summed E-state index contributed by atoms with van der Waals surface area (Å²) < 4.78 is 11.1. The summed E-state index contributed by atoms with van der Waals surface area (Å²) in [7, 11) is 0. The summed E-state index contributed by atoms with van der Waals surface area (Å²) >= 11 is 7.04. The molecule has 0 unspecified atom stereocenters. The van der Waals surface area contributed by atoms with Crippen LogP contribution in [-0.2, 0) is 9.53 Å². The lowest BCUT2D eigenvalue weighted by Crippen LogP contribution is -2.36. The Morgan fingerprint density at radius 3 is 2.90 bits per heavy atom. The van der Waals surface area contributed by atoms with Crippen LogP contribution in [0.2, 0.25) is 5.02 Å². The van der Waals surface area contributed by atoms with Gasteiger partial charge >= 0.3 is 6.09 Å². The molecule has 156 valence electrons. The van der Waals surface area contributed by atoms with Crippen molar-refractivity contribution in [1.29, 1.82) is 0 Å². The monoisotopic (exact) mass is 438 g/mol. The van der Waals surface area contributed by atoms with Gasteiger partial charge in [0, 0.05) is 17.3 Å². The molecule has 0 aliphatic carbocycles. The largest absolute Gasteiger partial charge is 0.444 e. The molecular weight excluding hydrogens is 416 g/mol. The van der Waals surface area contributed by atoms with E-state index in [1.54, 1.807) is 29.2 Å². The predicted octanol–water partition coefficient (Wildman–Crippen LogP) is 4.53. The Kier molecular flexibility index (Phi) is 6.69. The molecule has 2 heterocycles. The van der Waals surface area contributed by atoms with Gasteiger partial charge in [0.1, 0.15) is 11.6 Å². The van der Waals surface area contributed by atoms with E-state index in [9.17, 15) is 9.59 Å². The van der Waals surface area contributed by atoms with Crippen LogP contribution in [0, 0.1) is 0 Å². The van der Waals surface area contributed by atoms with E-state index >= 15 is 0 Å². The minimum atomic E-state index is -0.573. The maximum atomic E-state index is 12.4. The van der Waals surface area contributed by atoms with Crippen molar-refractivity contribution in [2.24, 2.45) is 0 Å². The number of benzene rings is 1. The van der Waals surface area contributed by atoms with Gasteiger partial charge in [-0.25, -0.2) is 4.79 Å². The lowest BCUT2D eigenvalue weighted by Gasteiger charge is -2.27. The summed E-state index contributed by atoms with van der Waals surface area (Å²) in [5.74, 6) is 0.244. The molecule has 10 heteroatoms. The van der Waals surface area contributed by atoms with Gasteiger partial charge in [-0.2, -0.15) is 0 Å². The number of hydrogen-bond donors (Lipinski definition) is 1. The molecule has 1 saturated heterocycles. The molecule has 2 aromatic rings. The summed E-state index contributed by atoms with van der Waals surface area (Å²) in [5, 5.41) is 11.6. The second-order valence-corrected chi connectivity index (χ2v) is 8.95. The SMILES string of the molecule is CC(C)(C)OC(=O)N1CCC[C@@H]1c1nnc(SCC(=O)Nc2cccc(Cl)c2)o1. The average molecular weight is 439 g/mol. The Balaban J connectivity index is 1.56. The Morgan fingerprint density at radius 1 is 1.38 bits per heavy atom. The molecule has 1 aliphatic heterocycles. The van der Waals surface area contributed by atoms with Crippen LogP contribution in [0.5, 0.6) is 0 Å². The maximum Gasteiger partial charge on any atom is 0.410 e. The molecule has 8 nitrogen and oxygen atoms in total. The number of halogens is 1. The molecule has 1 N–H and O–H groups in total. The Bertz CT molecular complexity index is 883. The van der Waals surface area contributed by atoms with E-state index in [4.69, 9.17) is 20.8 Å². The van der Waals surface area contributed by atoms with E-state index in [0.717, 1.165) is 24.6 Å². The fourth-order valence-electron chi connectivity index (χ4n) is 2.87. The third-order valence-corrected chi connectivity index (χ3v) is 5.08. The summed E-state index contributed by atoms with van der Waals surface area (Å²) in [6.07, 6.45) is 1.16. The van der Waals surface area contributed by atoms with Crippen LogP contribution in [0.1, 0.15) is 45.5 Å². The fraction of sp³-hybridized carbons (Fsp3) is 0.474. The smallest absolute Gasteiger partial charge is 0.410 e.